The van der Waals surface area contributed by atoms with Crippen molar-refractivity contribution in [3.8, 4) is 0 Å². The molecule has 1 fully saturated rings. The Morgan fingerprint density at radius 1 is 1.35 bits per heavy atom. The zero-order chi connectivity index (χ0) is 14.7. The molecule has 0 radical (unpaired) electrons. The fourth-order valence-corrected chi connectivity index (χ4v) is 3.22. The van der Waals surface area contributed by atoms with Gasteiger partial charge in [-0.1, -0.05) is 6.07 Å². The van der Waals surface area contributed by atoms with Gasteiger partial charge in [0.1, 0.15) is 5.82 Å². The number of pyridine rings is 1. The summed E-state index contributed by atoms with van der Waals surface area (Å²) in [5.41, 5.74) is 1.18. The van der Waals surface area contributed by atoms with Gasteiger partial charge in [0.25, 0.3) is 0 Å². The highest BCUT2D eigenvalue weighted by Gasteiger charge is 2.29. The minimum atomic E-state index is 0.177. The van der Waals surface area contributed by atoms with Gasteiger partial charge in [-0.3, -0.25) is 4.79 Å². The lowest BCUT2D eigenvalue weighted by molar-refractivity contribution is -0.118. The summed E-state index contributed by atoms with van der Waals surface area (Å²) in [4.78, 5) is 20.1. The molecule has 0 spiro atoms. The highest BCUT2D eigenvalue weighted by Crippen LogP contribution is 2.36. The van der Waals surface area contributed by atoms with Gasteiger partial charge in [-0.05, 0) is 46.6 Å². The molecule has 1 aliphatic heterocycles. The van der Waals surface area contributed by atoms with E-state index in [0.29, 0.717) is 12.1 Å². The van der Waals surface area contributed by atoms with Crippen LogP contribution in [0.5, 0.6) is 0 Å². The lowest BCUT2D eigenvalue weighted by atomic mass is 10.0. The monoisotopic (exact) mass is 275 g/mol. The molecule has 4 heteroatoms. The molecule has 0 bridgehead atoms. The van der Waals surface area contributed by atoms with Crippen molar-refractivity contribution in [2.24, 2.45) is 0 Å². The van der Waals surface area contributed by atoms with Crippen molar-refractivity contribution < 1.29 is 4.79 Å². The third kappa shape index (κ3) is 2.79. The van der Waals surface area contributed by atoms with E-state index in [0.717, 1.165) is 31.6 Å². The Kier molecular flexibility index (Phi) is 4.63. The topological polar surface area (TPSA) is 36.4 Å². The Labute approximate surface area is 121 Å². The van der Waals surface area contributed by atoms with Gasteiger partial charge in [0.15, 0.2) is 0 Å². The fraction of sp³-hybridized carbons (Fsp3) is 0.625. The summed E-state index contributed by atoms with van der Waals surface area (Å²) in [6.45, 7) is 9.59. The second-order valence-corrected chi connectivity index (χ2v) is 6.01. The summed E-state index contributed by atoms with van der Waals surface area (Å²) in [5.74, 6) is 1.02. The lowest BCUT2D eigenvalue weighted by Gasteiger charge is -2.35. The minimum Gasteiger partial charge on any atom is -0.351 e. The average molecular weight is 275 g/mol. The summed E-state index contributed by atoms with van der Waals surface area (Å²) in [6.07, 6.45) is 4.92. The summed E-state index contributed by atoms with van der Waals surface area (Å²) >= 11 is 0. The van der Waals surface area contributed by atoms with E-state index in [9.17, 15) is 4.79 Å². The van der Waals surface area contributed by atoms with Crippen LogP contribution in [0.15, 0.2) is 18.3 Å². The Bertz CT molecular complexity index is 451. The first kappa shape index (κ1) is 14.8. The number of nitrogens with zero attached hydrogens (tertiary/aromatic N) is 3. The molecule has 1 atom stereocenters. The molecule has 1 aromatic rings. The third-order valence-corrected chi connectivity index (χ3v) is 3.96. The Hall–Kier alpha value is -1.58. The fourth-order valence-electron chi connectivity index (χ4n) is 3.22. The van der Waals surface area contributed by atoms with Crippen LogP contribution in [0.2, 0.25) is 0 Å². The largest absolute Gasteiger partial charge is 0.351 e. The van der Waals surface area contributed by atoms with Crippen LogP contribution in [0.1, 0.15) is 52.1 Å². The number of amides is 1. The molecule has 1 saturated heterocycles. The molecule has 0 aromatic carbocycles. The van der Waals surface area contributed by atoms with Gasteiger partial charge in [-0.25, -0.2) is 4.98 Å². The Morgan fingerprint density at radius 2 is 2.05 bits per heavy atom. The Balaban J connectivity index is 2.42. The highest BCUT2D eigenvalue weighted by atomic mass is 16.1. The number of carbonyl (C=O) groups is 1. The number of aromatic nitrogens is 1. The molecule has 0 N–H and O–H groups in total. The van der Waals surface area contributed by atoms with Crippen LogP contribution in [-0.2, 0) is 4.79 Å². The van der Waals surface area contributed by atoms with E-state index >= 15 is 0 Å². The SMILES string of the molecule is CC(C)N(c1ncccc1C1CCCN1C=O)C(C)C. The van der Waals surface area contributed by atoms with Gasteiger partial charge in [0.2, 0.25) is 6.41 Å². The number of hydrogen-bond acceptors (Lipinski definition) is 3. The quantitative estimate of drug-likeness (QED) is 0.775. The van der Waals surface area contributed by atoms with E-state index < -0.39 is 0 Å². The van der Waals surface area contributed by atoms with Crippen molar-refractivity contribution in [1.82, 2.24) is 9.88 Å². The molecule has 1 unspecified atom stereocenters. The number of anilines is 1. The van der Waals surface area contributed by atoms with Crippen LogP contribution in [0.3, 0.4) is 0 Å². The maximum Gasteiger partial charge on any atom is 0.210 e. The van der Waals surface area contributed by atoms with Crippen LogP contribution < -0.4 is 4.90 Å². The average Bonchev–Trinajstić information content (AvgIpc) is 2.86. The number of rotatable bonds is 5. The summed E-state index contributed by atoms with van der Waals surface area (Å²) < 4.78 is 0. The molecule has 0 saturated carbocycles. The van der Waals surface area contributed by atoms with Crippen LogP contribution in [0.25, 0.3) is 0 Å². The van der Waals surface area contributed by atoms with Crippen molar-refractivity contribution in [2.75, 3.05) is 11.4 Å². The summed E-state index contributed by atoms with van der Waals surface area (Å²) in [5, 5.41) is 0. The first-order valence-electron chi connectivity index (χ1n) is 7.50. The molecular formula is C16H25N3O. The first-order chi connectivity index (χ1) is 9.56. The van der Waals surface area contributed by atoms with Gasteiger partial charge in [-0.2, -0.15) is 0 Å². The van der Waals surface area contributed by atoms with E-state index in [2.05, 4.69) is 43.6 Å². The normalized spacial score (nSPS) is 18.9. The van der Waals surface area contributed by atoms with Crippen molar-refractivity contribution in [2.45, 2.75) is 58.7 Å². The zero-order valence-electron chi connectivity index (χ0n) is 12.9. The smallest absolute Gasteiger partial charge is 0.210 e. The number of likely N-dealkylation sites (tertiary alicyclic amines) is 1. The van der Waals surface area contributed by atoms with Crippen molar-refractivity contribution in [3.63, 3.8) is 0 Å². The van der Waals surface area contributed by atoms with E-state index in [4.69, 9.17) is 0 Å². The summed E-state index contributed by atoms with van der Waals surface area (Å²) in [7, 11) is 0. The highest BCUT2D eigenvalue weighted by molar-refractivity contribution is 5.55. The van der Waals surface area contributed by atoms with E-state index in [1.807, 2.05) is 17.2 Å². The zero-order valence-corrected chi connectivity index (χ0v) is 12.9. The number of carbonyl (C=O) groups excluding carboxylic acids is 1. The van der Waals surface area contributed by atoms with Crippen molar-refractivity contribution >= 4 is 12.2 Å². The summed E-state index contributed by atoms with van der Waals surface area (Å²) in [6, 6.07) is 5.03. The molecule has 1 aliphatic rings. The van der Waals surface area contributed by atoms with Gasteiger partial charge >= 0.3 is 0 Å². The molecule has 4 nitrogen and oxygen atoms in total. The van der Waals surface area contributed by atoms with E-state index in [1.54, 1.807) is 0 Å². The molecule has 0 aliphatic carbocycles. The standard InChI is InChI=1S/C16H25N3O/c1-12(2)19(13(3)4)16-14(7-5-9-17-16)15-8-6-10-18(15)11-20/h5,7,9,11-13,15H,6,8,10H2,1-4H3. The lowest BCUT2D eigenvalue weighted by Crippen LogP contribution is -2.39. The first-order valence-corrected chi connectivity index (χ1v) is 7.50. The minimum absolute atomic E-state index is 0.177. The second-order valence-electron chi connectivity index (χ2n) is 6.01. The van der Waals surface area contributed by atoms with Crippen LogP contribution in [0, 0.1) is 0 Å². The van der Waals surface area contributed by atoms with Crippen molar-refractivity contribution in [3.05, 3.63) is 23.9 Å². The predicted octanol–water partition coefficient (Wildman–Crippen LogP) is 3.00. The van der Waals surface area contributed by atoms with Crippen LogP contribution in [0.4, 0.5) is 5.82 Å². The van der Waals surface area contributed by atoms with Crippen LogP contribution >= 0.6 is 0 Å². The second kappa shape index (κ2) is 6.25. The van der Waals surface area contributed by atoms with Gasteiger partial charge in [0.05, 0.1) is 6.04 Å². The maximum absolute atomic E-state index is 11.2. The van der Waals surface area contributed by atoms with Gasteiger partial charge in [-0.15, -0.1) is 0 Å². The molecule has 1 aromatic heterocycles. The van der Waals surface area contributed by atoms with E-state index in [1.165, 1.54) is 5.56 Å². The molecular weight excluding hydrogens is 250 g/mol. The van der Waals surface area contributed by atoms with Gasteiger partial charge in [0, 0.05) is 30.4 Å². The molecule has 110 valence electrons. The molecule has 2 rings (SSSR count). The van der Waals surface area contributed by atoms with Crippen LogP contribution in [-0.4, -0.2) is 34.9 Å². The molecule has 20 heavy (non-hydrogen) atoms. The van der Waals surface area contributed by atoms with Gasteiger partial charge < -0.3 is 9.80 Å². The van der Waals surface area contributed by atoms with Crippen molar-refractivity contribution in [1.29, 1.82) is 0 Å². The predicted molar refractivity (Wildman–Crippen MR) is 81.7 cm³/mol. The Morgan fingerprint density at radius 3 is 2.65 bits per heavy atom. The molecule has 2 heterocycles. The number of hydrogen-bond donors (Lipinski definition) is 0. The van der Waals surface area contributed by atoms with E-state index in [-0.39, 0.29) is 6.04 Å². The molecule has 1 amide bonds. The maximum atomic E-state index is 11.2. The third-order valence-electron chi connectivity index (χ3n) is 3.96.